The van der Waals surface area contributed by atoms with Crippen molar-refractivity contribution < 1.29 is 22.8 Å². The average Bonchev–Trinajstić information content (AvgIpc) is 2.93. The lowest BCUT2D eigenvalue weighted by atomic mass is 10.1. The monoisotopic (exact) mass is 362 g/mol. The number of halogens is 3. The molecule has 3 rings (SSSR count). The van der Waals surface area contributed by atoms with Crippen molar-refractivity contribution in [1.82, 2.24) is 15.2 Å². The van der Waals surface area contributed by atoms with Crippen molar-refractivity contribution in [2.24, 2.45) is 0 Å². The number of likely N-dealkylation sites (tertiary alicyclic amines) is 1. The van der Waals surface area contributed by atoms with Crippen LogP contribution >= 0.6 is 0 Å². The second-order valence-electron chi connectivity index (χ2n) is 5.93. The molecular weight excluding hydrogens is 349 g/mol. The second-order valence-corrected chi connectivity index (χ2v) is 5.93. The number of nitriles is 1. The summed E-state index contributed by atoms with van der Waals surface area (Å²) >= 11 is 0. The molecule has 1 aliphatic heterocycles. The van der Waals surface area contributed by atoms with Crippen LogP contribution in [0.4, 0.5) is 13.2 Å². The summed E-state index contributed by atoms with van der Waals surface area (Å²) in [7, 11) is 0. The third-order valence-corrected chi connectivity index (χ3v) is 4.09. The molecule has 2 amide bonds. The van der Waals surface area contributed by atoms with Gasteiger partial charge in [0, 0.05) is 18.0 Å². The standard InChI is InChI=1S/C17H13F3N4O2/c18-10-1-2-14-13(5-10)12(3-4-22-14)16(26)23-8-15(25)24-9-17(19,20)6-11(24)7-21/h1-5,11H,6,8-9H2,(H,23,26)/t11-/m0/s1. The van der Waals surface area contributed by atoms with Gasteiger partial charge in [0.05, 0.1) is 30.2 Å². The molecule has 9 heteroatoms. The number of nitrogens with zero attached hydrogens (tertiary/aromatic N) is 3. The highest BCUT2D eigenvalue weighted by atomic mass is 19.3. The Kier molecular flexibility index (Phi) is 4.50. The molecule has 1 aromatic carbocycles. The second kappa shape index (κ2) is 6.63. The Balaban J connectivity index is 1.73. The molecule has 1 atom stereocenters. The number of carbonyl (C=O) groups excluding carboxylic acids is 2. The van der Waals surface area contributed by atoms with E-state index in [0.29, 0.717) is 5.52 Å². The van der Waals surface area contributed by atoms with Crippen molar-refractivity contribution in [2.45, 2.75) is 18.4 Å². The first-order valence-electron chi connectivity index (χ1n) is 7.70. The van der Waals surface area contributed by atoms with E-state index in [9.17, 15) is 22.8 Å². The fourth-order valence-corrected chi connectivity index (χ4v) is 2.86. The summed E-state index contributed by atoms with van der Waals surface area (Å²) in [4.78, 5) is 29.2. The van der Waals surface area contributed by atoms with E-state index < -0.39 is 49.1 Å². The van der Waals surface area contributed by atoms with Gasteiger partial charge in [-0.05, 0) is 24.3 Å². The molecular formula is C17H13F3N4O2. The van der Waals surface area contributed by atoms with Crippen LogP contribution in [0.5, 0.6) is 0 Å². The topological polar surface area (TPSA) is 86.1 Å². The van der Waals surface area contributed by atoms with E-state index in [1.807, 2.05) is 0 Å². The number of aromatic nitrogens is 1. The molecule has 0 saturated carbocycles. The van der Waals surface area contributed by atoms with Crippen molar-refractivity contribution in [1.29, 1.82) is 5.26 Å². The highest BCUT2D eigenvalue weighted by Gasteiger charge is 2.47. The molecule has 0 radical (unpaired) electrons. The van der Waals surface area contributed by atoms with Gasteiger partial charge in [-0.2, -0.15) is 5.26 Å². The minimum absolute atomic E-state index is 0.103. The lowest BCUT2D eigenvalue weighted by Gasteiger charge is -2.19. The third kappa shape index (κ3) is 3.44. The van der Waals surface area contributed by atoms with Crippen molar-refractivity contribution >= 4 is 22.7 Å². The van der Waals surface area contributed by atoms with E-state index in [-0.39, 0.29) is 10.9 Å². The molecule has 2 heterocycles. The van der Waals surface area contributed by atoms with Crippen LogP contribution in [0.3, 0.4) is 0 Å². The van der Waals surface area contributed by atoms with Crippen molar-refractivity contribution in [3.8, 4) is 6.07 Å². The summed E-state index contributed by atoms with van der Waals surface area (Å²) in [6.07, 6.45) is 0.640. The maximum atomic E-state index is 13.4. The Morgan fingerprint density at radius 1 is 1.38 bits per heavy atom. The number of pyridine rings is 1. The maximum Gasteiger partial charge on any atom is 0.268 e. The number of rotatable bonds is 3. The van der Waals surface area contributed by atoms with Gasteiger partial charge < -0.3 is 10.2 Å². The smallest absolute Gasteiger partial charge is 0.268 e. The first kappa shape index (κ1) is 17.7. The number of nitrogens with one attached hydrogen (secondary N) is 1. The number of hydrogen-bond donors (Lipinski definition) is 1. The highest BCUT2D eigenvalue weighted by Crippen LogP contribution is 2.31. The van der Waals surface area contributed by atoms with Crippen LogP contribution in [0, 0.1) is 17.1 Å². The summed E-state index contributed by atoms with van der Waals surface area (Å²) in [6.45, 7) is -1.41. The van der Waals surface area contributed by atoms with Gasteiger partial charge in [-0.1, -0.05) is 0 Å². The Hall–Kier alpha value is -3.15. The number of hydrogen-bond acceptors (Lipinski definition) is 4. The zero-order valence-corrected chi connectivity index (χ0v) is 13.4. The molecule has 0 bridgehead atoms. The van der Waals surface area contributed by atoms with Gasteiger partial charge >= 0.3 is 0 Å². The lowest BCUT2D eigenvalue weighted by Crippen LogP contribution is -2.43. The van der Waals surface area contributed by atoms with Gasteiger partial charge in [-0.25, -0.2) is 13.2 Å². The van der Waals surface area contributed by atoms with Gasteiger partial charge in [0.15, 0.2) is 0 Å². The van der Waals surface area contributed by atoms with Crippen LogP contribution < -0.4 is 5.32 Å². The Labute approximate surface area is 146 Å². The predicted octanol–water partition coefficient (Wildman–Crippen LogP) is 1.86. The van der Waals surface area contributed by atoms with E-state index in [1.165, 1.54) is 24.4 Å². The minimum atomic E-state index is -3.13. The van der Waals surface area contributed by atoms with Crippen LogP contribution in [0.25, 0.3) is 10.9 Å². The first-order chi connectivity index (χ1) is 12.3. The number of amides is 2. The first-order valence-corrected chi connectivity index (χ1v) is 7.70. The van der Waals surface area contributed by atoms with E-state index in [1.54, 1.807) is 6.07 Å². The Morgan fingerprint density at radius 2 is 2.15 bits per heavy atom. The molecule has 26 heavy (non-hydrogen) atoms. The molecule has 2 aromatic rings. The Bertz CT molecular complexity index is 926. The van der Waals surface area contributed by atoms with Crippen molar-refractivity contribution in [2.75, 3.05) is 13.1 Å². The summed E-state index contributed by atoms with van der Waals surface area (Å²) in [5, 5.41) is 11.5. The number of fused-ring (bicyclic) bond motifs is 1. The molecule has 0 aliphatic carbocycles. The predicted molar refractivity (Wildman–Crippen MR) is 84.7 cm³/mol. The lowest BCUT2D eigenvalue weighted by molar-refractivity contribution is -0.131. The van der Waals surface area contributed by atoms with Crippen molar-refractivity contribution in [3.63, 3.8) is 0 Å². The SMILES string of the molecule is N#C[C@@H]1CC(F)(F)CN1C(=O)CNC(=O)c1ccnc2ccc(F)cc12. The summed E-state index contributed by atoms with van der Waals surface area (Å²) in [6, 6.07) is 5.56. The molecule has 0 spiro atoms. The molecule has 0 unspecified atom stereocenters. The summed E-state index contributed by atoms with van der Waals surface area (Å²) in [5.74, 6) is -5.13. The molecule has 134 valence electrons. The number of carbonyl (C=O) groups is 2. The van der Waals surface area contributed by atoms with E-state index in [0.717, 1.165) is 11.0 Å². The fraction of sp³-hybridized carbons (Fsp3) is 0.294. The molecule has 1 N–H and O–H groups in total. The third-order valence-electron chi connectivity index (χ3n) is 4.09. The van der Waals surface area contributed by atoms with E-state index >= 15 is 0 Å². The van der Waals surface area contributed by atoms with Gasteiger partial charge in [0.25, 0.3) is 11.8 Å². The minimum Gasteiger partial charge on any atom is -0.343 e. The largest absolute Gasteiger partial charge is 0.343 e. The van der Waals surface area contributed by atoms with Crippen molar-refractivity contribution in [3.05, 3.63) is 41.8 Å². The van der Waals surface area contributed by atoms with Crippen LogP contribution in [-0.4, -0.2) is 46.8 Å². The van der Waals surface area contributed by atoms with Gasteiger partial charge in [-0.15, -0.1) is 0 Å². The average molecular weight is 362 g/mol. The summed E-state index contributed by atoms with van der Waals surface area (Å²) < 4.78 is 40.2. The van der Waals surface area contributed by atoms with Crippen LogP contribution in [0.1, 0.15) is 16.8 Å². The van der Waals surface area contributed by atoms with E-state index in [4.69, 9.17) is 5.26 Å². The summed E-state index contributed by atoms with van der Waals surface area (Å²) in [5.41, 5.74) is 0.500. The maximum absolute atomic E-state index is 13.4. The molecule has 6 nitrogen and oxygen atoms in total. The quantitative estimate of drug-likeness (QED) is 0.903. The van der Waals surface area contributed by atoms with Crippen LogP contribution in [-0.2, 0) is 4.79 Å². The molecule has 1 aromatic heterocycles. The van der Waals surface area contributed by atoms with Gasteiger partial charge in [-0.3, -0.25) is 14.6 Å². The number of alkyl halides is 2. The zero-order chi connectivity index (χ0) is 18.9. The highest BCUT2D eigenvalue weighted by molar-refractivity contribution is 6.06. The fourth-order valence-electron chi connectivity index (χ4n) is 2.86. The normalized spacial score (nSPS) is 18.5. The number of benzene rings is 1. The van der Waals surface area contributed by atoms with Gasteiger partial charge in [0.2, 0.25) is 5.91 Å². The Morgan fingerprint density at radius 3 is 2.88 bits per heavy atom. The molecule has 1 fully saturated rings. The van der Waals surface area contributed by atoms with Crippen LogP contribution in [0.15, 0.2) is 30.5 Å². The molecule has 1 saturated heterocycles. The zero-order valence-electron chi connectivity index (χ0n) is 13.4. The van der Waals surface area contributed by atoms with Crippen LogP contribution in [0.2, 0.25) is 0 Å². The van der Waals surface area contributed by atoms with E-state index in [2.05, 4.69) is 10.3 Å². The van der Waals surface area contributed by atoms with Gasteiger partial charge in [0.1, 0.15) is 11.9 Å². The molecule has 1 aliphatic rings.